The molecule has 0 aliphatic carbocycles. The number of carbonyl (C=O) groups excluding carboxylic acids is 1. The van der Waals surface area contributed by atoms with Gasteiger partial charge in [-0.3, -0.25) is 4.68 Å². The molecule has 0 saturated heterocycles. The van der Waals surface area contributed by atoms with E-state index in [1.54, 1.807) is 23.9 Å². The number of aromatic nitrogens is 2. The normalized spacial score (nSPS) is 10.5. The number of rotatable bonds is 1. The van der Waals surface area contributed by atoms with Crippen LogP contribution >= 0.6 is 0 Å². The first-order chi connectivity index (χ1) is 7.15. The molecule has 0 radical (unpaired) electrons. The van der Waals surface area contributed by atoms with E-state index in [9.17, 15) is 4.79 Å². The van der Waals surface area contributed by atoms with Crippen molar-refractivity contribution in [3.8, 4) is 0 Å². The molecule has 0 amide bonds. The number of nitrogen functional groups attached to an aromatic ring is 1. The maximum absolute atomic E-state index is 11.5. The van der Waals surface area contributed by atoms with Crippen LogP contribution in [-0.4, -0.2) is 22.9 Å². The molecular weight excluding hydrogens is 194 g/mol. The molecule has 1 aromatic heterocycles. The molecule has 5 heteroatoms. The number of hydrogen-bond acceptors (Lipinski definition) is 4. The molecule has 0 atom stereocenters. The average Bonchev–Trinajstić information content (AvgIpc) is 2.54. The van der Waals surface area contributed by atoms with E-state index < -0.39 is 5.97 Å². The second-order valence-corrected chi connectivity index (χ2v) is 3.20. The summed E-state index contributed by atoms with van der Waals surface area (Å²) >= 11 is 0. The summed E-state index contributed by atoms with van der Waals surface area (Å²) in [6.45, 7) is 0. The molecule has 0 unspecified atom stereocenters. The second kappa shape index (κ2) is 3.27. The van der Waals surface area contributed by atoms with Crippen LogP contribution in [0.5, 0.6) is 0 Å². The molecule has 15 heavy (non-hydrogen) atoms. The van der Waals surface area contributed by atoms with E-state index in [2.05, 4.69) is 9.84 Å². The van der Waals surface area contributed by atoms with Crippen LogP contribution < -0.4 is 5.73 Å². The summed E-state index contributed by atoms with van der Waals surface area (Å²) in [7, 11) is 3.12. The smallest absolute Gasteiger partial charge is 0.338 e. The maximum atomic E-state index is 11.5. The third kappa shape index (κ3) is 1.32. The summed E-state index contributed by atoms with van der Waals surface area (Å²) in [5.41, 5.74) is 6.99. The van der Waals surface area contributed by atoms with Crippen molar-refractivity contribution in [3.63, 3.8) is 0 Å². The van der Waals surface area contributed by atoms with Gasteiger partial charge >= 0.3 is 5.97 Å². The van der Waals surface area contributed by atoms with E-state index in [1.807, 2.05) is 6.07 Å². The zero-order valence-electron chi connectivity index (χ0n) is 8.52. The standard InChI is InChI=1S/C10H11N3O2/c1-13-7-5-3-4-6(10(14)15-2)8(7)9(11)12-13/h3-5H,1-2H3,(H2,11,12). The molecule has 2 N–H and O–H groups in total. The zero-order chi connectivity index (χ0) is 11.0. The molecule has 0 bridgehead atoms. The number of ether oxygens (including phenoxy) is 1. The Kier molecular flexibility index (Phi) is 2.07. The van der Waals surface area contributed by atoms with Crippen LogP contribution in [0.3, 0.4) is 0 Å². The van der Waals surface area contributed by atoms with Crippen molar-refractivity contribution in [2.75, 3.05) is 12.8 Å². The summed E-state index contributed by atoms with van der Waals surface area (Å²) in [5.74, 6) is -0.0613. The SMILES string of the molecule is COC(=O)c1cccc2c1c(N)nn2C. The van der Waals surface area contributed by atoms with Gasteiger partial charge in [0.1, 0.15) is 0 Å². The number of benzene rings is 1. The van der Waals surface area contributed by atoms with Gasteiger partial charge in [-0.05, 0) is 12.1 Å². The first kappa shape index (κ1) is 9.51. The van der Waals surface area contributed by atoms with Crippen LogP contribution in [0.25, 0.3) is 10.9 Å². The van der Waals surface area contributed by atoms with Crippen LogP contribution in [-0.2, 0) is 11.8 Å². The first-order valence-electron chi connectivity index (χ1n) is 4.44. The molecule has 0 aliphatic heterocycles. The Hall–Kier alpha value is -2.04. The molecule has 5 nitrogen and oxygen atoms in total. The number of nitrogens with two attached hydrogens (primary N) is 1. The van der Waals surface area contributed by atoms with Gasteiger partial charge in [0.25, 0.3) is 0 Å². The highest BCUT2D eigenvalue weighted by atomic mass is 16.5. The van der Waals surface area contributed by atoms with Crippen molar-refractivity contribution >= 4 is 22.7 Å². The molecule has 1 heterocycles. The van der Waals surface area contributed by atoms with Gasteiger partial charge in [0.15, 0.2) is 5.82 Å². The van der Waals surface area contributed by atoms with E-state index >= 15 is 0 Å². The van der Waals surface area contributed by atoms with Crippen molar-refractivity contribution in [2.24, 2.45) is 7.05 Å². The van der Waals surface area contributed by atoms with E-state index in [0.717, 1.165) is 5.52 Å². The van der Waals surface area contributed by atoms with Gasteiger partial charge in [0, 0.05) is 7.05 Å². The maximum Gasteiger partial charge on any atom is 0.338 e. The second-order valence-electron chi connectivity index (χ2n) is 3.20. The van der Waals surface area contributed by atoms with Crippen molar-refractivity contribution in [3.05, 3.63) is 23.8 Å². The third-order valence-corrected chi connectivity index (χ3v) is 2.31. The molecule has 2 rings (SSSR count). The van der Waals surface area contributed by atoms with E-state index in [0.29, 0.717) is 16.8 Å². The Bertz CT molecular complexity index is 531. The lowest BCUT2D eigenvalue weighted by molar-refractivity contribution is 0.0603. The van der Waals surface area contributed by atoms with Gasteiger partial charge in [0.05, 0.1) is 23.6 Å². The minimum absolute atomic E-state index is 0.341. The minimum atomic E-state index is -0.402. The summed E-state index contributed by atoms with van der Waals surface area (Å²) in [6.07, 6.45) is 0. The Labute approximate surface area is 86.4 Å². The predicted octanol–water partition coefficient (Wildman–Crippen LogP) is 0.942. The minimum Gasteiger partial charge on any atom is -0.465 e. The van der Waals surface area contributed by atoms with Crippen LogP contribution in [0.15, 0.2) is 18.2 Å². The van der Waals surface area contributed by atoms with E-state index in [-0.39, 0.29) is 0 Å². The Morgan fingerprint density at radius 2 is 2.27 bits per heavy atom. The monoisotopic (exact) mass is 205 g/mol. The highest BCUT2D eigenvalue weighted by molar-refractivity contribution is 6.07. The van der Waals surface area contributed by atoms with Crippen LogP contribution in [0, 0.1) is 0 Å². The summed E-state index contributed by atoms with van der Waals surface area (Å²) in [5, 5.41) is 4.70. The molecule has 2 aromatic rings. The van der Waals surface area contributed by atoms with Gasteiger partial charge in [-0.1, -0.05) is 6.07 Å². The van der Waals surface area contributed by atoms with Crippen molar-refractivity contribution < 1.29 is 9.53 Å². The van der Waals surface area contributed by atoms with Gasteiger partial charge in [-0.25, -0.2) is 4.79 Å². The molecule has 0 saturated carbocycles. The lowest BCUT2D eigenvalue weighted by Gasteiger charge is -2.01. The fourth-order valence-corrected chi connectivity index (χ4v) is 1.62. The van der Waals surface area contributed by atoms with Crippen LogP contribution in [0.4, 0.5) is 5.82 Å². The van der Waals surface area contributed by atoms with Crippen LogP contribution in [0.2, 0.25) is 0 Å². The largest absolute Gasteiger partial charge is 0.465 e. The molecule has 0 aliphatic rings. The number of aryl methyl sites for hydroxylation is 1. The Morgan fingerprint density at radius 1 is 1.53 bits per heavy atom. The Balaban J connectivity index is 2.80. The topological polar surface area (TPSA) is 70.1 Å². The van der Waals surface area contributed by atoms with Crippen molar-refractivity contribution in [1.29, 1.82) is 0 Å². The van der Waals surface area contributed by atoms with Gasteiger partial charge < -0.3 is 10.5 Å². The third-order valence-electron chi connectivity index (χ3n) is 2.31. The number of carbonyl (C=O) groups is 1. The fourth-order valence-electron chi connectivity index (χ4n) is 1.62. The molecule has 78 valence electrons. The number of hydrogen-bond donors (Lipinski definition) is 1. The van der Waals surface area contributed by atoms with Crippen molar-refractivity contribution in [1.82, 2.24) is 9.78 Å². The number of anilines is 1. The lowest BCUT2D eigenvalue weighted by atomic mass is 10.1. The lowest BCUT2D eigenvalue weighted by Crippen LogP contribution is -2.02. The highest BCUT2D eigenvalue weighted by Gasteiger charge is 2.15. The fraction of sp³-hybridized carbons (Fsp3) is 0.200. The van der Waals surface area contributed by atoms with E-state index in [1.165, 1.54) is 7.11 Å². The number of esters is 1. The van der Waals surface area contributed by atoms with Gasteiger partial charge in [0.2, 0.25) is 0 Å². The van der Waals surface area contributed by atoms with Crippen molar-refractivity contribution in [2.45, 2.75) is 0 Å². The van der Waals surface area contributed by atoms with Gasteiger partial charge in [-0.15, -0.1) is 0 Å². The summed E-state index contributed by atoms with van der Waals surface area (Å²) < 4.78 is 6.31. The van der Waals surface area contributed by atoms with Gasteiger partial charge in [-0.2, -0.15) is 5.10 Å². The van der Waals surface area contributed by atoms with E-state index in [4.69, 9.17) is 5.73 Å². The number of fused-ring (bicyclic) bond motifs is 1. The first-order valence-corrected chi connectivity index (χ1v) is 4.44. The molecule has 1 aromatic carbocycles. The molecule has 0 spiro atoms. The Morgan fingerprint density at radius 3 is 2.93 bits per heavy atom. The molecule has 0 fully saturated rings. The number of nitrogens with zero attached hydrogens (tertiary/aromatic N) is 2. The summed E-state index contributed by atoms with van der Waals surface area (Å²) in [4.78, 5) is 11.5. The zero-order valence-corrected chi connectivity index (χ0v) is 8.52. The summed E-state index contributed by atoms with van der Waals surface area (Å²) in [6, 6.07) is 5.30. The quantitative estimate of drug-likeness (QED) is 0.703. The van der Waals surface area contributed by atoms with Crippen LogP contribution in [0.1, 0.15) is 10.4 Å². The number of methoxy groups -OCH3 is 1. The highest BCUT2D eigenvalue weighted by Crippen LogP contribution is 2.24. The average molecular weight is 205 g/mol. The molecular formula is C10H11N3O2. The predicted molar refractivity (Wildman–Crippen MR) is 56.5 cm³/mol.